The van der Waals surface area contributed by atoms with Crippen LogP contribution in [0.4, 0.5) is 0 Å². The number of nitrogens with two attached hydrogens (primary N) is 1. The fourth-order valence-electron chi connectivity index (χ4n) is 1.95. The number of benzene rings is 1. The van der Waals surface area contributed by atoms with E-state index in [4.69, 9.17) is 14.9 Å². The van der Waals surface area contributed by atoms with Crippen molar-refractivity contribution in [2.45, 2.75) is 32.9 Å². The molecule has 20 heavy (non-hydrogen) atoms. The SMILES string of the molecule is CCOc1cccc2cc(C(C)NC(=O)[C@@H](C)N)oc12. The van der Waals surface area contributed by atoms with Crippen molar-refractivity contribution in [1.82, 2.24) is 5.32 Å². The van der Waals surface area contributed by atoms with Gasteiger partial charge in [0.05, 0.1) is 18.7 Å². The van der Waals surface area contributed by atoms with Gasteiger partial charge in [0.15, 0.2) is 11.3 Å². The molecule has 0 saturated carbocycles. The molecule has 1 aromatic carbocycles. The molecule has 0 saturated heterocycles. The lowest BCUT2D eigenvalue weighted by molar-refractivity contribution is -0.122. The smallest absolute Gasteiger partial charge is 0.237 e. The van der Waals surface area contributed by atoms with Crippen LogP contribution in [0.5, 0.6) is 5.75 Å². The maximum atomic E-state index is 11.6. The highest BCUT2D eigenvalue weighted by atomic mass is 16.5. The molecular formula is C15H20N2O3. The largest absolute Gasteiger partial charge is 0.490 e. The third-order valence-electron chi connectivity index (χ3n) is 3.03. The summed E-state index contributed by atoms with van der Waals surface area (Å²) in [6.07, 6.45) is 0. The minimum absolute atomic E-state index is 0.206. The van der Waals surface area contributed by atoms with Crippen molar-refractivity contribution >= 4 is 16.9 Å². The summed E-state index contributed by atoms with van der Waals surface area (Å²) in [5.41, 5.74) is 6.24. The summed E-state index contributed by atoms with van der Waals surface area (Å²) < 4.78 is 11.3. The van der Waals surface area contributed by atoms with E-state index in [-0.39, 0.29) is 11.9 Å². The van der Waals surface area contributed by atoms with E-state index in [1.807, 2.05) is 38.1 Å². The van der Waals surface area contributed by atoms with Gasteiger partial charge in [-0.05, 0) is 32.9 Å². The molecule has 5 heteroatoms. The molecule has 2 atom stereocenters. The van der Waals surface area contributed by atoms with Gasteiger partial charge in [-0.15, -0.1) is 0 Å². The van der Waals surface area contributed by atoms with Gasteiger partial charge in [-0.25, -0.2) is 0 Å². The van der Waals surface area contributed by atoms with E-state index in [9.17, 15) is 4.79 Å². The first-order valence-corrected chi connectivity index (χ1v) is 6.74. The van der Waals surface area contributed by atoms with Crippen molar-refractivity contribution in [2.75, 3.05) is 6.61 Å². The van der Waals surface area contributed by atoms with Crippen LogP contribution in [0.3, 0.4) is 0 Å². The second-order valence-corrected chi connectivity index (χ2v) is 4.78. The lowest BCUT2D eigenvalue weighted by Crippen LogP contribution is -2.39. The van der Waals surface area contributed by atoms with Gasteiger partial charge < -0.3 is 20.2 Å². The molecule has 0 aliphatic rings. The lowest BCUT2D eigenvalue weighted by atomic mass is 10.2. The second kappa shape index (κ2) is 5.96. The first kappa shape index (κ1) is 14.4. The number of nitrogens with one attached hydrogen (secondary N) is 1. The summed E-state index contributed by atoms with van der Waals surface area (Å²) in [6.45, 7) is 6.01. The molecule has 2 aromatic rings. The number of hydrogen-bond acceptors (Lipinski definition) is 4. The number of hydrogen-bond donors (Lipinski definition) is 2. The second-order valence-electron chi connectivity index (χ2n) is 4.78. The number of furan rings is 1. The van der Waals surface area contributed by atoms with Crippen LogP contribution in [0.15, 0.2) is 28.7 Å². The van der Waals surface area contributed by atoms with Crippen LogP contribution in [-0.4, -0.2) is 18.6 Å². The summed E-state index contributed by atoms with van der Waals surface area (Å²) in [7, 11) is 0. The number of amides is 1. The normalized spacial score (nSPS) is 14.0. The monoisotopic (exact) mass is 276 g/mol. The molecule has 1 aromatic heterocycles. The third-order valence-corrected chi connectivity index (χ3v) is 3.03. The molecule has 1 heterocycles. The number of fused-ring (bicyclic) bond motifs is 1. The Bertz CT molecular complexity index is 604. The van der Waals surface area contributed by atoms with Crippen molar-refractivity contribution in [3.8, 4) is 5.75 Å². The Balaban J connectivity index is 2.27. The fourth-order valence-corrected chi connectivity index (χ4v) is 1.95. The highest BCUT2D eigenvalue weighted by Gasteiger charge is 2.17. The zero-order valence-corrected chi connectivity index (χ0v) is 12.0. The van der Waals surface area contributed by atoms with E-state index in [0.717, 1.165) is 5.39 Å². The Kier molecular flexibility index (Phi) is 4.29. The maximum absolute atomic E-state index is 11.6. The molecule has 0 fully saturated rings. The zero-order valence-electron chi connectivity index (χ0n) is 12.0. The number of para-hydroxylation sites is 1. The molecule has 0 radical (unpaired) electrons. The molecule has 3 N–H and O–H groups in total. The molecular weight excluding hydrogens is 256 g/mol. The average Bonchev–Trinajstić information content (AvgIpc) is 2.84. The quantitative estimate of drug-likeness (QED) is 0.878. The van der Waals surface area contributed by atoms with Crippen LogP contribution >= 0.6 is 0 Å². The average molecular weight is 276 g/mol. The lowest BCUT2D eigenvalue weighted by Gasteiger charge is -2.13. The van der Waals surface area contributed by atoms with Crippen LogP contribution in [-0.2, 0) is 4.79 Å². The van der Waals surface area contributed by atoms with Gasteiger partial charge in [-0.1, -0.05) is 12.1 Å². The van der Waals surface area contributed by atoms with E-state index in [2.05, 4.69) is 5.32 Å². The minimum Gasteiger partial charge on any atom is -0.490 e. The van der Waals surface area contributed by atoms with Gasteiger partial charge in [0, 0.05) is 5.39 Å². The minimum atomic E-state index is -0.541. The number of ether oxygens (including phenoxy) is 1. The van der Waals surface area contributed by atoms with Gasteiger partial charge in [0.1, 0.15) is 5.76 Å². The van der Waals surface area contributed by atoms with Crippen LogP contribution in [0.2, 0.25) is 0 Å². The standard InChI is InChI=1S/C15H20N2O3/c1-4-19-12-7-5-6-11-8-13(20-14(11)12)10(3)17-15(18)9(2)16/h5-10H,4,16H2,1-3H3,(H,17,18)/t9-,10?/m1/s1. The van der Waals surface area contributed by atoms with Crippen LogP contribution in [0, 0.1) is 0 Å². The maximum Gasteiger partial charge on any atom is 0.237 e. The van der Waals surface area contributed by atoms with Crippen LogP contribution in [0.1, 0.15) is 32.6 Å². The molecule has 5 nitrogen and oxygen atoms in total. The molecule has 108 valence electrons. The van der Waals surface area contributed by atoms with Crippen molar-refractivity contribution in [1.29, 1.82) is 0 Å². The van der Waals surface area contributed by atoms with Gasteiger partial charge in [-0.2, -0.15) is 0 Å². The van der Waals surface area contributed by atoms with Crippen molar-refractivity contribution in [3.63, 3.8) is 0 Å². The predicted octanol–water partition coefficient (Wildman–Crippen LogP) is 2.36. The molecule has 0 spiro atoms. The summed E-state index contributed by atoms with van der Waals surface area (Å²) >= 11 is 0. The summed E-state index contributed by atoms with van der Waals surface area (Å²) in [5.74, 6) is 1.19. The number of rotatable bonds is 5. The summed E-state index contributed by atoms with van der Waals surface area (Å²) in [6, 6.07) is 6.85. The summed E-state index contributed by atoms with van der Waals surface area (Å²) in [5, 5.41) is 3.76. The number of carbonyl (C=O) groups excluding carboxylic acids is 1. The van der Waals surface area contributed by atoms with E-state index in [0.29, 0.717) is 23.7 Å². The predicted molar refractivity (Wildman–Crippen MR) is 77.6 cm³/mol. The first-order chi connectivity index (χ1) is 9.52. The highest BCUT2D eigenvalue weighted by molar-refractivity contribution is 5.84. The zero-order chi connectivity index (χ0) is 14.7. The summed E-state index contributed by atoms with van der Waals surface area (Å²) in [4.78, 5) is 11.6. The van der Waals surface area contributed by atoms with E-state index in [1.165, 1.54) is 0 Å². The topological polar surface area (TPSA) is 77.5 Å². The van der Waals surface area contributed by atoms with Gasteiger partial charge in [-0.3, -0.25) is 4.79 Å². The Morgan fingerprint density at radius 1 is 1.45 bits per heavy atom. The molecule has 0 aliphatic heterocycles. The first-order valence-electron chi connectivity index (χ1n) is 6.74. The van der Waals surface area contributed by atoms with E-state index >= 15 is 0 Å². The number of carbonyl (C=O) groups is 1. The van der Waals surface area contributed by atoms with Crippen molar-refractivity contribution in [3.05, 3.63) is 30.0 Å². The van der Waals surface area contributed by atoms with Gasteiger partial charge in [0.2, 0.25) is 5.91 Å². The third kappa shape index (κ3) is 2.93. The van der Waals surface area contributed by atoms with Crippen molar-refractivity contribution < 1.29 is 13.9 Å². The van der Waals surface area contributed by atoms with Gasteiger partial charge >= 0.3 is 0 Å². The van der Waals surface area contributed by atoms with Crippen molar-refractivity contribution in [2.24, 2.45) is 5.73 Å². The Morgan fingerprint density at radius 3 is 2.85 bits per heavy atom. The molecule has 0 bridgehead atoms. The Hall–Kier alpha value is -2.01. The molecule has 2 rings (SSSR count). The molecule has 0 aliphatic carbocycles. The highest BCUT2D eigenvalue weighted by Crippen LogP contribution is 2.31. The van der Waals surface area contributed by atoms with E-state index in [1.54, 1.807) is 6.92 Å². The molecule has 1 unspecified atom stereocenters. The fraction of sp³-hybridized carbons (Fsp3) is 0.400. The van der Waals surface area contributed by atoms with Crippen LogP contribution < -0.4 is 15.8 Å². The van der Waals surface area contributed by atoms with E-state index < -0.39 is 6.04 Å². The Morgan fingerprint density at radius 2 is 2.20 bits per heavy atom. The Labute approximate surface area is 118 Å². The molecule has 1 amide bonds. The van der Waals surface area contributed by atoms with Crippen LogP contribution in [0.25, 0.3) is 11.0 Å². The van der Waals surface area contributed by atoms with Gasteiger partial charge in [0.25, 0.3) is 0 Å².